The molecule has 3 rings (SSSR count). The Morgan fingerprint density at radius 1 is 1.45 bits per heavy atom. The van der Waals surface area contributed by atoms with E-state index in [2.05, 4.69) is 6.92 Å². The first-order valence-corrected chi connectivity index (χ1v) is 7.37. The van der Waals surface area contributed by atoms with Gasteiger partial charge in [-0.05, 0) is 31.4 Å². The molecule has 1 aliphatic heterocycles. The Balaban J connectivity index is 1.92. The van der Waals surface area contributed by atoms with Gasteiger partial charge in [0.2, 0.25) is 0 Å². The van der Waals surface area contributed by atoms with Crippen LogP contribution in [0, 0.1) is 0 Å². The van der Waals surface area contributed by atoms with Gasteiger partial charge in [-0.2, -0.15) is 0 Å². The molecule has 1 heterocycles. The number of hydrogen-bond donors (Lipinski definition) is 1. The molecule has 20 heavy (non-hydrogen) atoms. The van der Waals surface area contributed by atoms with Gasteiger partial charge in [-0.1, -0.05) is 25.1 Å². The number of carbonyl (C=O) groups is 1. The summed E-state index contributed by atoms with van der Waals surface area (Å²) in [7, 11) is 0. The number of rotatable bonds is 2. The van der Waals surface area contributed by atoms with Crippen LogP contribution in [0.25, 0.3) is 0 Å². The van der Waals surface area contributed by atoms with E-state index in [1.807, 2.05) is 35.2 Å². The molecule has 2 fully saturated rings. The van der Waals surface area contributed by atoms with Crippen LogP contribution in [0.4, 0.5) is 0 Å². The molecule has 0 unspecified atom stereocenters. The van der Waals surface area contributed by atoms with Crippen molar-refractivity contribution in [3.05, 3.63) is 35.9 Å². The minimum atomic E-state index is -0.590. The van der Waals surface area contributed by atoms with Gasteiger partial charge < -0.3 is 14.7 Å². The van der Waals surface area contributed by atoms with Gasteiger partial charge in [0, 0.05) is 12.0 Å². The van der Waals surface area contributed by atoms with E-state index in [-0.39, 0.29) is 18.1 Å². The molecular weight excluding hydrogens is 254 g/mol. The molecule has 1 saturated carbocycles. The van der Waals surface area contributed by atoms with Crippen LogP contribution in [0.1, 0.15) is 43.0 Å². The fraction of sp³-hybridized carbons (Fsp3) is 0.562. The quantitative estimate of drug-likeness (QED) is 0.900. The summed E-state index contributed by atoms with van der Waals surface area (Å²) in [5.74, 6) is 0.0176. The molecule has 4 heteroatoms. The largest absolute Gasteiger partial charge is 0.393 e. The summed E-state index contributed by atoms with van der Waals surface area (Å²) in [6.45, 7) is 2.64. The highest BCUT2D eigenvalue weighted by atomic mass is 16.5. The number of amides is 1. The van der Waals surface area contributed by atoms with Crippen molar-refractivity contribution in [2.45, 2.75) is 50.5 Å². The maximum absolute atomic E-state index is 12.8. The van der Waals surface area contributed by atoms with Gasteiger partial charge in [0.1, 0.15) is 5.72 Å². The van der Waals surface area contributed by atoms with Gasteiger partial charge in [0.05, 0.1) is 18.8 Å². The van der Waals surface area contributed by atoms with Gasteiger partial charge in [-0.15, -0.1) is 0 Å². The zero-order valence-electron chi connectivity index (χ0n) is 11.8. The van der Waals surface area contributed by atoms with Gasteiger partial charge in [-0.3, -0.25) is 4.79 Å². The molecule has 1 spiro atoms. The van der Waals surface area contributed by atoms with Crippen molar-refractivity contribution in [2.24, 2.45) is 0 Å². The lowest BCUT2D eigenvalue weighted by Crippen LogP contribution is -2.50. The number of ether oxygens (including phenoxy) is 1. The second-order valence-electron chi connectivity index (χ2n) is 5.76. The lowest BCUT2D eigenvalue weighted by molar-refractivity contribution is -0.0709. The van der Waals surface area contributed by atoms with E-state index in [0.717, 1.165) is 12.8 Å². The predicted molar refractivity (Wildman–Crippen MR) is 75.2 cm³/mol. The molecule has 1 N–H and O–H groups in total. The van der Waals surface area contributed by atoms with Gasteiger partial charge in [0.25, 0.3) is 5.91 Å². The van der Waals surface area contributed by atoms with Crippen LogP contribution < -0.4 is 0 Å². The van der Waals surface area contributed by atoms with E-state index in [9.17, 15) is 9.90 Å². The molecule has 1 saturated heterocycles. The third kappa shape index (κ3) is 2.13. The Kier molecular flexibility index (Phi) is 3.52. The fourth-order valence-electron chi connectivity index (χ4n) is 3.41. The summed E-state index contributed by atoms with van der Waals surface area (Å²) in [5.41, 5.74) is 0.102. The minimum absolute atomic E-state index is 0.0176. The first kappa shape index (κ1) is 13.6. The maximum atomic E-state index is 12.8. The van der Waals surface area contributed by atoms with Gasteiger partial charge >= 0.3 is 0 Å². The SMILES string of the molecule is CC[C@H]1CO[C@]2(CC[C@H](O)C2)N1C(=O)c1ccccc1. The molecule has 108 valence electrons. The molecule has 0 aromatic heterocycles. The Morgan fingerprint density at radius 2 is 2.20 bits per heavy atom. The maximum Gasteiger partial charge on any atom is 0.256 e. The van der Waals surface area contributed by atoms with E-state index in [1.54, 1.807) is 0 Å². The summed E-state index contributed by atoms with van der Waals surface area (Å²) >= 11 is 0. The summed E-state index contributed by atoms with van der Waals surface area (Å²) in [4.78, 5) is 14.7. The molecular formula is C16H21NO3. The van der Waals surface area contributed by atoms with Crippen LogP contribution in [0.15, 0.2) is 30.3 Å². The van der Waals surface area contributed by atoms with Gasteiger partial charge in [0.15, 0.2) is 0 Å². The van der Waals surface area contributed by atoms with Crippen molar-refractivity contribution < 1.29 is 14.6 Å². The molecule has 4 nitrogen and oxygen atoms in total. The van der Waals surface area contributed by atoms with Crippen molar-refractivity contribution in [3.8, 4) is 0 Å². The van der Waals surface area contributed by atoms with Crippen LogP contribution >= 0.6 is 0 Å². The Labute approximate surface area is 119 Å². The number of carbonyl (C=O) groups excluding carboxylic acids is 1. The molecule has 1 amide bonds. The summed E-state index contributed by atoms with van der Waals surface area (Å²) < 4.78 is 5.98. The van der Waals surface area contributed by atoms with Crippen molar-refractivity contribution in [2.75, 3.05) is 6.61 Å². The zero-order chi connectivity index (χ0) is 14.2. The average molecular weight is 275 g/mol. The normalized spacial score (nSPS) is 33.0. The molecule has 1 aliphatic carbocycles. The average Bonchev–Trinajstić information content (AvgIpc) is 3.03. The number of hydrogen-bond acceptors (Lipinski definition) is 3. The minimum Gasteiger partial charge on any atom is -0.393 e. The first-order valence-electron chi connectivity index (χ1n) is 7.37. The monoisotopic (exact) mass is 275 g/mol. The number of benzene rings is 1. The van der Waals surface area contributed by atoms with Crippen molar-refractivity contribution >= 4 is 5.91 Å². The van der Waals surface area contributed by atoms with Crippen molar-refractivity contribution in [3.63, 3.8) is 0 Å². The standard InChI is InChI=1S/C16H21NO3/c1-2-13-11-20-16(9-8-14(18)10-16)17(13)15(19)12-6-4-3-5-7-12/h3-7,13-14,18H,2,8-11H2,1H3/t13-,14-,16-/m0/s1. The Bertz CT molecular complexity index is 490. The molecule has 2 aliphatic rings. The van der Waals surface area contributed by atoms with Crippen LogP contribution in [0.5, 0.6) is 0 Å². The van der Waals surface area contributed by atoms with E-state index in [0.29, 0.717) is 25.0 Å². The van der Waals surface area contributed by atoms with E-state index < -0.39 is 5.72 Å². The van der Waals surface area contributed by atoms with Crippen LogP contribution in [0.3, 0.4) is 0 Å². The highest BCUT2D eigenvalue weighted by molar-refractivity contribution is 5.95. The second kappa shape index (κ2) is 5.19. The van der Waals surface area contributed by atoms with Crippen LogP contribution in [-0.2, 0) is 4.74 Å². The molecule has 1 aromatic carbocycles. The molecule has 1 aromatic rings. The Morgan fingerprint density at radius 3 is 2.80 bits per heavy atom. The third-order valence-corrected chi connectivity index (χ3v) is 4.48. The predicted octanol–water partition coefficient (Wildman–Crippen LogP) is 2.18. The molecule has 0 bridgehead atoms. The number of aliphatic hydroxyl groups is 1. The first-order chi connectivity index (χ1) is 9.66. The van der Waals surface area contributed by atoms with E-state index >= 15 is 0 Å². The smallest absolute Gasteiger partial charge is 0.256 e. The molecule has 0 radical (unpaired) electrons. The highest BCUT2D eigenvalue weighted by Gasteiger charge is 2.53. The van der Waals surface area contributed by atoms with E-state index in [4.69, 9.17) is 4.74 Å². The highest BCUT2D eigenvalue weighted by Crippen LogP contribution is 2.43. The molecule has 3 atom stereocenters. The second-order valence-corrected chi connectivity index (χ2v) is 5.76. The topological polar surface area (TPSA) is 49.8 Å². The summed E-state index contributed by atoms with van der Waals surface area (Å²) in [5, 5.41) is 9.87. The van der Waals surface area contributed by atoms with Crippen molar-refractivity contribution in [1.82, 2.24) is 4.90 Å². The summed E-state index contributed by atoms with van der Waals surface area (Å²) in [6, 6.07) is 9.44. The van der Waals surface area contributed by atoms with Crippen LogP contribution in [0.2, 0.25) is 0 Å². The third-order valence-electron chi connectivity index (χ3n) is 4.48. The van der Waals surface area contributed by atoms with Crippen LogP contribution in [-0.4, -0.2) is 40.4 Å². The lowest BCUT2D eigenvalue weighted by atomic mass is 10.1. The zero-order valence-corrected chi connectivity index (χ0v) is 11.8. The number of aliphatic hydroxyl groups excluding tert-OH is 1. The van der Waals surface area contributed by atoms with E-state index in [1.165, 1.54) is 0 Å². The Hall–Kier alpha value is -1.39. The fourth-order valence-corrected chi connectivity index (χ4v) is 3.41. The lowest BCUT2D eigenvalue weighted by Gasteiger charge is -2.36. The summed E-state index contributed by atoms with van der Waals surface area (Å²) in [6.07, 6.45) is 2.47. The van der Waals surface area contributed by atoms with Crippen molar-refractivity contribution in [1.29, 1.82) is 0 Å². The van der Waals surface area contributed by atoms with Gasteiger partial charge in [-0.25, -0.2) is 0 Å². The number of nitrogens with zero attached hydrogens (tertiary/aromatic N) is 1.